The normalized spacial score (nSPS) is 23.1. The van der Waals surface area contributed by atoms with E-state index in [0.717, 1.165) is 17.8 Å². The van der Waals surface area contributed by atoms with Gasteiger partial charge in [0.05, 0.1) is 0 Å². The van der Waals surface area contributed by atoms with Gasteiger partial charge in [-0.2, -0.15) is 0 Å². The van der Waals surface area contributed by atoms with Gasteiger partial charge in [-0.05, 0) is 44.6 Å². The van der Waals surface area contributed by atoms with Crippen molar-refractivity contribution in [2.24, 2.45) is 5.92 Å². The Morgan fingerprint density at radius 3 is 2.76 bits per heavy atom. The van der Waals surface area contributed by atoms with Crippen LogP contribution >= 0.6 is 11.6 Å². The number of unbranched alkanes of at least 4 members (excludes halogenated alkanes) is 1. The predicted molar refractivity (Wildman–Crippen MR) is 77.9 cm³/mol. The Bertz CT molecular complexity index is 184. The van der Waals surface area contributed by atoms with Crippen LogP contribution in [0.5, 0.6) is 0 Å². The second-order valence-electron chi connectivity index (χ2n) is 5.54. The molecular formula is C15H30ClN. The molecule has 1 saturated heterocycles. The minimum absolute atomic E-state index is 0.831. The fraction of sp³-hybridized carbons (Fsp3) is 1.00. The summed E-state index contributed by atoms with van der Waals surface area (Å²) in [5.41, 5.74) is 0. The lowest BCUT2D eigenvalue weighted by Gasteiger charge is -2.28. The Labute approximate surface area is 113 Å². The van der Waals surface area contributed by atoms with Crippen molar-refractivity contribution in [3.63, 3.8) is 0 Å². The fourth-order valence-corrected chi connectivity index (χ4v) is 3.18. The SMILES string of the molecule is CCCCC(CC)CN1CCCC1CCCCl. The summed E-state index contributed by atoms with van der Waals surface area (Å²) in [5, 5.41) is 0. The molecule has 1 aliphatic heterocycles. The molecule has 0 aliphatic carbocycles. The number of hydrogen-bond donors (Lipinski definition) is 0. The maximum Gasteiger partial charge on any atom is 0.0224 e. The van der Waals surface area contributed by atoms with Crippen LogP contribution in [0.25, 0.3) is 0 Å². The molecule has 0 N–H and O–H groups in total. The highest BCUT2D eigenvalue weighted by molar-refractivity contribution is 6.17. The lowest BCUT2D eigenvalue weighted by Crippen LogP contribution is -2.34. The van der Waals surface area contributed by atoms with Crippen molar-refractivity contribution in [2.45, 2.75) is 71.3 Å². The van der Waals surface area contributed by atoms with Gasteiger partial charge in [0, 0.05) is 18.5 Å². The highest BCUT2D eigenvalue weighted by atomic mass is 35.5. The number of rotatable bonds is 9. The third-order valence-corrected chi connectivity index (χ3v) is 4.47. The van der Waals surface area contributed by atoms with Crippen LogP contribution in [0.3, 0.4) is 0 Å². The zero-order chi connectivity index (χ0) is 12.5. The highest BCUT2D eigenvalue weighted by Crippen LogP contribution is 2.25. The average Bonchev–Trinajstić information content (AvgIpc) is 2.79. The molecule has 1 rings (SSSR count). The Kier molecular flexibility index (Phi) is 8.30. The summed E-state index contributed by atoms with van der Waals surface area (Å²) in [5.74, 6) is 1.75. The van der Waals surface area contributed by atoms with Crippen LogP contribution in [0.4, 0.5) is 0 Å². The van der Waals surface area contributed by atoms with Crippen molar-refractivity contribution < 1.29 is 0 Å². The lowest BCUT2D eigenvalue weighted by atomic mass is 9.98. The maximum absolute atomic E-state index is 5.81. The summed E-state index contributed by atoms with van der Waals surface area (Å²) in [6.45, 7) is 7.31. The molecule has 1 fully saturated rings. The predicted octanol–water partition coefficient (Wildman–Crippen LogP) is 4.69. The maximum atomic E-state index is 5.81. The van der Waals surface area contributed by atoms with E-state index >= 15 is 0 Å². The number of alkyl halides is 1. The van der Waals surface area contributed by atoms with Crippen molar-refractivity contribution in [2.75, 3.05) is 19.0 Å². The molecule has 0 aromatic heterocycles. The quantitative estimate of drug-likeness (QED) is 0.543. The van der Waals surface area contributed by atoms with Crippen LogP contribution < -0.4 is 0 Å². The number of likely N-dealkylation sites (tertiary alicyclic amines) is 1. The van der Waals surface area contributed by atoms with Crippen LogP contribution in [0.1, 0.15) is 65.2 Å². The molecule has 2 atom stereocenters. The molecule has 1 heterocycles. The molecule has 0 radical (unpaired) electrons. The van der Waals surface area contributed by atoms with Gasteiger partial charge in [0.25, 0.3) is 0 Å². The number of nitrogens with zero attached hydrogens (tertiary/aromatic N) is 1. The molecular weight excluding hydrogens is 230 g/mol. The van der Waals surface area contributed by atoms with Gasteiger partial charge >= 0.3 is 0 Å². The molecule has 102 valence electrons. The monoisotopic (exact) mass is 259 g/mol. The Morgan fingerprint density at radius 2 is 2.12 bits per heavy atom. The third-order valence-electron chi connectivity index (χ3n) is 4.21. The summed E-state index contributed by atoms with van der Waals surface area (Å²) < 4.78 is 0. The second-order valence-corrected chi connectivity index (χ2v) is 5.92. The Balaban J connectivity index is 2.31. The van der Waals surface area contributed by atoms with Crippen LogP contribution in [-0.2, 0) is 0 Å². The topological polar surface area (TPSA) is 3.24 Å². The molecule has 17 heavy (non-hydrogen) atoms. The van der Waals surface area contributed by atoms with E-state index in [0.29, 0.717) is 0 Å². The Morgan fingerprint density at radius 1 is 1.29 bits per heavy atom. The van der Waals surface area contributed by atoms with Crippen LogP contribution in [0.2, 0.25) is 0 Å². The van der Waals surface area contributed by atoms with E-state index in [1.54, 1.807) is 0 Å². The molecule has 0 spiro atoms. The van der Waals surface area contributed by atoms with Crippen LogP contribution in [0, 0.1) is 5.92 Å². The molecule has 0 aromatic carbocycles. The van der Waals surface area contributed by atoms with Gasteiger partial charge in [-0.1, -0.05) is 33.1 Å². The number of halogens is 1. The number of hydrogen-bond acceptors (Lipinski definition) is 1. The van der Waals surface area contributed by atoms with E-state index in [1.807, 2.05) is 0 Å². The average molecular weight is 260 g/mol. The van der Waals surface area contributed by atoms with Crippen molar-refractivity contribution in [1.82, 2.24) is 4.90 Å². The highest BCUT2D eigenvalue weighted by Gasteiger charge is 2.25. The van der Waals surface area contributed by atoms with E-state index in [4.69, 9.17) is 11.6 Å². The lowest BCUT2D eigenvalue weighted by molar-refractivity contribution is 0.195. The molecule has 0 aromatic rings. The van der Waals surface area contributed by atoms with Gasteiger partial charge in [0.15, 0.2) is 0 Å². The van der Waals surface area contributed by atoms with E-state index in [1.165, 1.54) is 64.5 Å². The van der Waals surface area contributed by atoms with Crippen molar-refractivity contribution >= 4 is 11.6 Å². The van der Waals surface area contributed by atoms with E-state index in [9.17, 15) is 0 Å². The van der Waals surface area contributed by atoms with Crippen LogP contribution in [-0.4, -0.2) is 29.9 Å². The second kappa shape index (κ2) is 9.22. The first-order valence-corrected chi connectivity index (χ1v) is 8.15. The fourth-order valence-electron chi connectivity index (χ4n) is 3.02. The van der Waals surface area contributed by atoms with E-state index < -0.39 is 0 Å². The van der Waals surface area contributed by atoms with Crippen molar-refractivity contribution in [3.05, 3.63) is 0 Å². The summed E-state index contributed by atoms with van der Waals surface area (Å²) in [6, 6.07) is 0.837. The molecule has 1 aliphatic rings. The minimum Gasteiger partial charge on any atom is -0.300 e. The third kappa shape index (κ3) is 5.61. The van der Waals surface area contributed by atoms with Gasteiger partial charge in [0.1, 0.15) is 0 Å². The smallest absolute Gasteiger partial charge is 0.0224 e. The summed E-state index contributed by atoms with van der Waals surface area (Å²) in [7, 11) is 0. The van der Waals surface area contributed by atoms with Gasteiger partial charge in [-0.3, -0.25) is 0 Å². The molecule has 0 amide bonds. The summed E-state index contributed by atoms with van der Waals surface area (Å²) in [6.07, 6.45) is 10.8. The van der Waals surface area contributed by atoms with E-state index in [2.05, 4.69) is 18.7 Å². The van der Waals surface area contributed by atoms with Gasteiger partial charge in [-0.25, -0.2) is 0 Å². The standard InChI is InChI=1S/C15H30ClN/c1-3-5-8-14(4-2)13-17-12-7-10-15(17)9-6-11-16/h14-15H,3-13H2,1-2H3. The zero-order valence-corrected chi connectivity index (χ0v) is 12.5. The first-order valence-electron chi connectivity index (χ1n) is 7.61. The molecule has 2 heteroatoms. The van der Waals surface area contributed by atoms with Crippen molar-refractivity contribution in [3.8, 4) is 0 Å². The summed E-state index contributed by atoms with van der Waals surface area (Å²) in [4.78, 5) is 2.75. The van der Waals surface area contributed by atoms with Crippen LogP contribution in [0.15, 0.2) is 0 Å². The molecule has 0 saturated carbocycles. The summed E-state index contributed by atoms with van der Waals surface area (Å²) >= 11 is 5.81. The molecule has 1 nitrogen and oxygen atoms in total. The first-order chi connectivity index (χ1) is 8.31. The van der Waals surface area contributed by atoms with Gasteiger partial charge < -0.3 is 4.90 Å². The van der Waals surface area contributed by atoms with Crippen molar-refractivity contribution in [1.29, 1.82) is 0 Å². The van der Waals surface area contributed by atoms with Gasteiger partial charge in [-0.15, -0.1) is 11.6 Å². The molecule has 0 bridgehead atoms. The minimum atomic E-state index is 0.831. The molecule has 2 unspecified atom stereocenters. The first kappa shape index (κ1) is 15.3. The van der Waals surface area contributed by atoms with E-state index in [-0.39, 0.29) is 0 Å². The largest absolute Gasteiger partial charge is 0.300 e. The Hall–Kier alpha value is 0.250. The zero-order valence-electron chi connectivity index (χ0n) is 11.8. The van der Waals surface area contributed by atoms with Gasteiger partial charge in [0.2, 0.25) is 0 Å².